The molecule has 1 atom stereocenters. The predicted molar refractivity (Wildman–Crippen MR) is 86.9 cm³/mol. The van der Waals surface area contributed by atoms with Crippen molar-refractivity contribution in [3.05, 3.63) is 0 Å². The normalized spacial score (nSPS) is 19.3. The van der Waals surface area contributed by atoms with Crippen molar-refractivity contribution in [3.63, 3.8) is 0 Å². The summed E-state index contributed by atoms with van der Waals surface area (Å²) in [5, 5.41) is 0. The largest absolute Gasteiger partial charge is 0.370 e. The lowest BCUT2D eigenvalue weighted by Crippen LogP contribution is -2.44. The molecule has 1 aliphatic rings. The minimum atomic E-state index is 0.493. The molecule has 1 unspecified atom stereocenters. The van der Waals surface area contributed by atoms with Gasteiger partial charge < -0.3 is 15.5 Å². The molecule has 0 spiro atoms. The number of nitrogens with zero attached hydrogens (tertiary/aromatic N) is 3. The van der Waals surface area contributed by atoms with Gasteiger partial charge in [0.1, 0.15) is 0 Å². The molecule has 0 saturated carbocycles. The van der Waals surface area contributed by atoms with Gasteiger partial charge in [-0.25, -0.2) is 0 Å². The standard InChI is InChI=1S/C14H30N4S/c1-5-12(6-2)13(17(3)4)11-16-14(15)18-7-9-19-10-8-18/h12-13H,5-11H2,1-4H3,(H2,15,16). The summed E-state index contributed by atoms with van der Waals surface area (Å²) in [7, 11) is 4.29. The van der Waals surface area contributed by atoms with Crippen molar-refractivity contribution >= 4 is 17.7 Å². The van der Waals surface area contributed by atoms with Crippen LogP contribution in [0.15, 0.2) is 4.99 Å². The molecule has 2 N–H and O–H groups in total. The summed E-state index contributed by atoms with van der Waals surface area (Å²) in [5.74, 6) is 3.77. The molecule has 1 fully saturated rings. The van der Waals surface area contributed by atoms with E-state index in [1.165, 1.54) is 24.3 Å². The molecule has 1 aliphatic heterocycles. The molecule has 1 heterocycles. The van der Waals surface area contributed by atoms with Gasteiger partial charge in [0.15, 0.2) is 5.96 Å². The lowest BCUT2D eigenvalue weighted by molar-refractivity contribution is 0.205. The van der Waals surface area contributed by atoms with E-state index >= 15 is 0 Å². The van der Waals surface area contributed by atoms with Crippen LogP contribution in [0.3, 0.4) is 0 Å². The lowest BCUT2D eigenvalue weighted by atomic mass is 9.93. The number of thioether (sulfide) groups is 1. The van der Waals surface area contributed by atoms with Gasteiger partial charge >= 0.3 is 0 Å². The molecule has 5 heteroatoms. The minimum absolute atomic E-state index is 0.493. The van der Waals surface area contributed by atoms with Crippen LogP contribution in [0.4, 0.5) is 0 Å². The zero-order valence-electron chi connectivity index (χ0n) is 12.9. The van der Waals surface area contributed by atoms with Crippen LogP contribution in [0.25, 0.3) is 0 Å². The zero-order chi connectivity index (χ0) is 14.3. The molecule has 1 rings (SSSR count). The van der Waals surface area contributed by atoms with Crippen molar-refractivity contribution in [2.24, 2.45) is 16.6 Å². The first-order valence-electron chi connectivity index (χ1n) is 7.39. The minimum Gasteiger partial charge on any atom is -0.370 e. The van der Waals surface area contributed by atoms with Gasteiger partial charge in [0, 0.05) is 30.6 Å². The quantitative estimate of drug-likeness (QED) is 0.596. The monoisotopic (exact) mass is 286 g/mol. The Kier molecular flexibility index (Phi) is 7.61. The van der Waals surface area contributed by atoms with Crippen LogP contribution in [-0.4, -0.2) is 67.0 Å². The van der Waals surface area contributed by atoms with Crippen LogP contribution in [0, 0.1) is 5.92 Å². The summed E-state index contributed by atoms with van der Waals surface area (Å²) in [4.78, 5) is 9.17. The number of hydrogen-bond acceptors (Lipinski definition) is 3. The molecule has 0 bridgehead atoms. The highest BCUT2D eigenvalue weighted by molar-refractivity contribution is 7.99. The van der Waals surface area contributed by atoms with E-state index < -0.39 is 0 Å². The summed E-state index contributed by atoms with van der Waals surface area (Å²) < 4.78 is 0. The van der Waals surface area contributed by atoms with Crippen molar-refractivity contribution in [2.45, 2.75) is 32.7 Å². The van der Waals surface area contributed by atoms with E-state index in [-0.39, 0.29) is 0 Å². The second kappa shape index (κ2) is 8.69. The van der Waals surface area contributed by atoms with E-state index in [1.807, 2.05) is 11.8 Å². The van der Waals surface area contributed by atoms with E-state index in [0.717, 1.165) is 25.6 Å². The summed E-state index contributed by atoms with van der Waals surface area (Å²) in [6.45, 7) is 7.42. The summed E-state index contributed by atoms with van der Waals surface area (Å²) >= 11 is 2.00. The number of guanidine groups is 1. The van der Waals surface area contributed by atoms with E-state index in [2.05, 4.69) is 42.7 Å². The maximum absolute atomic E-state index is 6.13. The fourth-order valence-corrected chi connectivity index (χ4v) is 3.55. The molecule has 112 valence electrons. The number of aliphatic imine (C=N–C) groups is 1. The maximum Gasteiger partial charge on any atom is 0.191 e. The molecule has 0 aromatic rings. The van der Waals surface area contributed by atoms with Crippen LogP contribution in [0.1, 0.15) is 26.7 Å². The van der Waals surface area contributed by atoms with Crippen molar-refractivity contribution in [3.8, 4) is 0 Å². The van der Waals surface area contributed by atoms with Gasteiger partial charge in [-0.2, -0.15) is 11.8 Å². The molecule has 0 radical (unpaired) electrons. The first-order valence-corrected chi connectivity index (χ1v) is 8.54. The number of rotatable bonds is 6. The Morgan fingerprint density at radius 3 is 2.32 bits per heavy atom. The number of likely N-dealkylation sites (N-methyl/N-ethyl adjacent to an activating group) is 1. The molecule has 0 amide bonds. The average molecular weight is 286 g/mol. The third-order valence-electron chi connectivity index (χ3n) is 4.03. The summed E-state index contributed by atoms with van der Waals surface area (Å²) in [5.41, 5.74) is 6.13. The number of hydrogen-bond donors (Lipinski definition) is 1. The first kappa shape index (κ1) is 16.6. The summed E-state index contributed by atoms with van der Waals surface area (Å²) in [6, 6.07) is 0.493. The van der Waals surface area contributed by atoms with Crippen molar-refractivity contribution in [2.75, 3.05) is 45.2 Å². The van der Waals surface area contributed by atoms with Crippen molar-refractivity contribution in [1.29, 1.82) is 0 Å². The second-order valence-corrected chi connectivity index (χ2v) is 6.63. The Morgan fingerprint density at radius 2 is 1.84 bits per heavy atom. The third-order valence-corrected chi connectivity index (χ3v) is 4.97. The fourth-order valence-electron chi connectivity index (χ4n) is 2.65. The second-order valence-electron chi connectivity index (χ2n) is 5.41. The van der Waals surface area contributed by atoms with Crippen LogP contribution in [-0.2, 0) is 0 Å². The van der Waals surface area contributed by atoms with Gasteiger partial charge in [-0.05, 0) is 20.0 Å². The molecule has 4 nitrogen and oxygen atoms in total. The third kappa shape index (κ3) is 5.22. The Labute approximate surface area is 122 Å². The van der Waals surface area contributed by atoms with E-state index in [0.29, 0.717) is 12.0 Å². The van der Waals surface area contributed by atoms with E-state index in [1.54, 1.807) is 0 Å². The van der Waals surface area contributed by atoms with Gasteiger partial charge in [-0.15, -0.1) is 0 Å². The Hall–Kier alpha value is -0.420. The zero-order valence-corrected chi connectivity index (χ0v) is 13.7. The summed E-state index contributed by atoms with van der Waals surface area (Å²) in [6.07, 6.45) is 2.41. The van der Waals surface area contributed by atoms with Crippen LogP contribution >= 0.6 is 11.8 Å². The smallest absolute Gasteiger partial charge is 0.191 e. The van der Waals surface area contributed by atoms with Crippen molar-refractivity contribution in [1.82, 2.24) is 9.80 Å². The Morgan fingerprint density at radius 1 is 1.26 bits per heavy atom. The van der Waals surface area contributed by atoms with Gasteiger partial charge in [0.2, 0.25) is 0 Å². The van der Waals surface area contributed by atoms with E-state index in [4.69, 9.17) is 5.73 Å². The fraction of sp³-hybridized carbons (Fsp3) is 0.929. The van der Waals surface area contributed by atoms with Crippen LogP contribution in [0.2, 0.25) is 0 Å². The van der Waals surface area contributed by atoms with Gasteiger partial charge in [0.25, 0.3) is 0 Å². The lowest BCUT2D eigenvalue weighted by Gasteiger charge is -2.31. The first-order chi connectivity index (χ1) is 9.10. The topological polar surface area (TPSA) is 44.9 Å². The highest BCUT2D eigenvalue weighted by Gasteiger charge is 2.21. The molecular weight excluding hydrogens is 256 g/mol. The average Bonchev–Trinajstić information content (AvgIpc) is 2.43. The molecule has 19 heavy (non-hydrogen) atoms. The highest BCUT2D eigenvalue weighted by atomic mass is 32.2. The maximum atomic E-state index is 6.13. The van der Waals surface area contributed by atoms with Gasteiger partial charge in [-0.3, -0.25) is 4.99 Å². The molecule has 0 aliphatic carbocycles. The van der Waals surface area contributed by atoms with Crippen molar-refractivity contribution < 1.29 is 0 Å². The molecule has 0 aromatic carbocycles. The molecular formula is C14H30N4S. The van der Waals surface area contributed by atoms with Crippen LogP contribution in [0.5, 0.6) is 0 Å². The number of nitrogens with two attached hydrogens (primary N) is 1. The molecule has 0 aromatic heterocycles. The van der Waals surface area contributed by atoms with Crippen LogP contribution < -0.4 is 5.73 Å². The van der Waals surface area contributed by atoms with Gasteiger partial charge in [-0.1, -0.05) is 26.7 Å². The highest BCUT2D eigenvalue weighted by Crippen LogP contribution is 2.17. The van der Waals surface area contributed by atoms with E-state index in [9.17, 15) is 0 Å². The van der Waals surface area contributed by atoms with Gasteiger partial charge in [0.05, 0.1) is 6.54 Å². The Balaban J connectivity index is 2.58. The molecule has 1 saturated heterocycles. The predicted octanol–water partition coefficient (Wildman–Crippen LogP) is 1.72. The SMILES string of the molecule is CCC(CC)C(CN=C(N)N1CCSCC1)N(C)C. The Bertz CT molecular complexity index is 271.